The number of thiocarbonyl (C=S) groups is 1. The smallest absolute Gasteiger partial charge is 0.270 e. The molecule has 30 heavy (non-hydrogen) atoms. The number of nitrogens with one attached hydrogen (secondary N) is 1. The van der Waals surface area contributed by atoms with E-state index in [1.165, 1.54) is 32.3 Å². The van der Waals surface area contributed by atoms with E-state index in [1.54, 1.807) is 37.3 Å². The Morgan fingerprint density at radius 3 is 2.27 bits per heavy atom. The summed E-state index contributed by atoms with van der Waals surface area (Å²) < 4.78 is 16.0. The van der Waals surface area contributed by atoms with Gasteiger partial charge in [-0.3, -0.25) is 19.8 Å². The van der Waals surface area contributed by atoms with E-state index in [4.69, 9.17) is 38.0 Å². The van der Waals surface area contributed by atoms with Crippen molar-refractivity contribution in [2.45, 2.75) is 6.92 Å². The van der Waals surface area contributed by atoms with Crippen LogP contribution < -0.4 is 24.4 Å². The first kappa shape index (κ1) is 21.6. The molecule has 2 aromatic rings. The second-order valence-corrected chi connectivity index (χ2v) is 7.09. The van der Waals surface area contributed by atoms with Crippen molar-refractivity contribution in [2.75, 3.05) is 26.2 Å². The van der Waals surface area contributed by atoms with Gasteiger partial charge in [-0.25, -0.2) is 0 Å². The number of hydrogen-bond donors (Lipinski definition) is 1. The van der Waals surface area contributed by atoms with Crippen molar-refractivity contribution in [1.29, 1.82) is 0 Å². The fourth-order valence-electron chi connectivity index (χ4n) is 3.07. The molecule has 0 unspecified atom stereocenters. The van der Waals surface area contributed by atoms with Crippen LogP contribution in [0.25, 0.3) is 6.08 Å². The number of rotatable bonds is 5. The highest BCUT2D eigenvalue weighted by Gasteiger charge is 2.35. The van der Waals surface area contributed by atoms with Crippen LogP contribution in [-0.4, -0.2) is 38.3 Å². The molecule has 0 atom stereocenters. The number of ether oxygens (including phenoxy) is 3. The molecule has 9 heteroatoms. The average molecular weight is 447 g/mol. The summed E-state index contributed by atoms with van der Waals surface area (Å²) in [6, 6.07) is 8.40. The highest BCUT2D eigenvalue weighted by Crippen LogP contribution is 2.39. The van der Waals surface area contributed by atoms with Crippen molar-refractivity contribution in [3.8, 4) is 17.2 Å². The monoisotopic (exact) mass is 446 g/mol. The van der Waals surface area contributed by atoms with Gasteiger partial charge in [-0.15, -0.1) is 0 Å². The van der Waals surface area contributed by atoms with Gasteiger partial charge in [-0.05, 0) is 60.6 Å². The van der Waals surface area contributed by atoms with Crippen molar-refractivity contribution < 1.29 is 23.8 Å². The van der Waals surface area contributed by atoms with Gasteiger partial charge in [0.25, 0.3) is 11.8 Å². The summed E-state index contributed by atoms with van der Waals surface area (Å²) in [5.41, 5.74) is 1.57. The minimum Gasteiger partial charge on any atom is -0.493 e. The normalized spacial score (nSPS) is 15.3. The van der Waals surface area contributed by atoms with Crippen LogP contribution in [0.2, 0.25) is 5.02 Å². The third-order valence-corrected chi connectivity index (χ3v) is 5.27. The molecule has 1 aliphatic heterocycles. The Bertz CT molecular complexity index is 1060. The predicted molar refractivity (Wildman–Crippen MR) is 118 cm³/mol. The molecule has 3 rings (SSSR count). The van der Waals surface area contributed by atoms with E-state index in [1.807, 2.05) is 0 Å². The summed E-state index contributed by atoms with van der Waals surface area (Å²) in [6.07, 6.45) is 1.44. The lowest BCUT2D eigenvalue weighted by atomic mass is 10.0. The van der Waals surface area contributed by atoms with Crippen LogP contribution in [0.4, 0.5) is 5.69 Å². The van der Waals surface area contributed by atoms with Gasteiger partial charge in [-0.1, -0.05) is 17.7 Å². The summed E-state index contributed by atoms with van der Waals surface area (Å²) in [5.74, 6) is 0.0207. The molecule has 0 saturated carbocycles. The minimum atomic E-state index is -0.602. The summed E-state index contributed by atoms with van der Waals surface area (Å²) in [6.45, 7) is 1.77. The molecule has 7 nitrogen and oxygen atoms in total. The summed E-state index contributed by atoms with van der Waals surface area (Å²) in [4.78, 5) is 27.0. The Morgan fingerprint density at radius 2 is 1.70 bits per heavy atom. The minimum absolute atomic E-state index is 0.0163. The maximum absolute atomic E-state index is 13.2. The number of methoxy groups -OCH3 is 3. The van der Waals surface area contributed by atoms with Gasteiger partial charge in [-0.2, -0.15) is 0 Å². The number of nitrogens with zero attached hydrogens (tertiary/aromatic N) is 1. The van der Waals surface area contributed by atoms with E-state index in [-0.39, 0.29) is 10.7 Å². The Labute approximate surface area is 184 Å². The lowest BCUT2D eigenvalue weighted by Crippen LogP contribution is -2.54. The molecule has 1 heterocycles. The van der Waals surface area contributed by atoms with Crippen molar-refractivity contribution in [2.24, 2.45) is 0 Å². The van der Waals surface area contributed by atoms with E-state index in [2.05, 4.69) is 5.32 Å². The van der Waals surface area contributed by atoms with Crippen LogP contribution in [0.1, 0.15) is 11.1 Å². The zero-order valence-electron chi connectivity index (χ0n) is 16.7. The molecule has 156 valence electrons. The van der Waals surface area contributed by atoms with Crippen LogP contribution in [-0.2, 0) is 9.59 Å². The standard InChI is InChI=1S/C21H19ClN2O5S/c1-11-14(22)6-5-7-15(11)24-20(26)13(19(25)23-21(24)30)8-12-9-16(27-2)18(29-4)17(10-12)28-3/h5-10H,1-4H3,(H,23,25,30)/b13-8+. The second-order valence-electron chi connectivity index (χ2n) is 6.30. The molecule has 0 spiro atoms. The number of carbonyl (C=O) groups is 2. The number of anilines is 1. The third-order valence-electron chi connectivity index (χ3n) is 4.58. The maximum atomic E-state index is 13.2. The summed E-state index contributed by atoms with van der Waals surface area (Å²) >= 11 is 11.4. The highest BCUT2D eigenvalue weighted by molar-refractivity contribution is 7.80. The van der Waals surface area contributed by atoms with Crippen molar-refractivity contribution in [3.05, 3.63) is 52.1 Å². The topological polar surface area (TPSA) is 77.1 Å². The molecule has 2 aromatic carbocycles. The van der Waals surface area contributed by atoms with Crippen LogP contribution in [0.3, 0.4) is 0 Å². The Hall–Kier alpha value is -3.10. The SMILES string of the molecule is COc1cc(/C=C2\C(=O)NC(=S)N(c3cccc(Cl)c3C)C2=O)cc(OC)c1OC. The fraction of sp³-hybridized carbons (Fsp3) is 0.190. The van der Waals surface area contributed by atoms with E-state index in [0.717, 1.165) is 0 Å². The largest absolute Gasteiger partial charge is 0.493 e. The Kier molecular flexibility index (Phi) is 6.28. The molecule has 1 N–H and O–H groups in total. The molecular formula is C21H19ClN2O5S. The molecule has 1 saturated heterocycles. The third kappa shape index (κ3) is 3.83. The first-order chi connectivity index (χ1) is 14.3. The molecule has 1 fully saturated rings. The van der Waals surface area contributed by atoms with Crippen molar-refractivity contribution in [1.82, 2.24) is 5.32 Å². The first-order valence-electron chi connectivity index (χ1n) is 8.79. The van der Waals surface area contributed by atoms with Crippen molar-refractivity contribution >= 4 is 52.5 Å². The number of benzene rings is 2. The fourth-order valence-corrected chi connectivity index (χ4v) is 3.51. The predicted octanol–water partition coefficient (Wildman–Crippen LogP) is 3.51. The van der Waals surface area contributed by atoms with Gasteiger partial charge in [0.15, 0.2) is 16.6 Å². The van der Waals surface area contributed by atoms with Crippen LogP contribution in [0, 0.1) is 6.92 Å². The Morgan fingerprint density at radius 1 is 1.07 bits per heavy atom. The zero-order chi connectivity index (χ0) is 22.0. The maximum Gasteiger partial charge on any atom is 0.270 e. The van der Waals surface area contributed by atoms with Gasteiger partial charge in [0, 0.05) is 5.02 Å². The van der Waals surface area contributed by atoms with Crippen LogP contribution >= 0.6 is 23.8 Å². The van der Waals surface area contributed by atoms with Gasteiger partial charge in [0.1, 0.15) is 5.57 Å². The highest BCUT2D eigenvalue weighted by atomic mass is 35.5. The van der Waals surface area contributed by atoms with E-state index >= 15 is 0 Å². The van der Waals surface area contributed by atoms with Crippen LogP contribution in [0.5, 0.6) is 17.2 Å². The quantitative estimate of drug-likeness (QED) is 0.430. The second kappa shape index (κ2) is 8.73. The zero-order valence-corrected chi connectivity index (χ0v) is 18.3. The summed E-state index contributed by atoms with van der Waals surface area (Å²) in [7, 11) is 4.45. The number of amides is 2. The van der Waals surface area contributed by atoms with Crippen LogP contribution in [0.15, 0.2) is 35.9 Å². The van der Waals surface area contributed by atoms with Gasteiger partial charge in [0.2, 0.25) is 5.75 Å². The molecule has 0 radical (unpaired) electrons. The molecule has 1 aliphatic rings. The van der Waals surface area contributed by atoms with Gasteiger partial charge >= 0.3 is 0 Å². The number of halogens is 1. The molecule has 0 aromatic heterocycles. The lowest BCUT2D eigenvalue weighted by molar-refractivity contribution is -0.122. The van der Waals surface area contributed by atoms with Crippen molar-refractivity contribution in [3.63, 3.8) is 0 Å². The average Bonchev–Trinajstić information content (AvgIpc) is 2.73. The van der Waals surface area contributed by atoms with E-state index < -0.39 is 11.8 Å². The van der Waals surface area contributed by atoms with E-state index in [9.17, 15) is 9.59 Å². The summed E-state index contributed by atoms with van der Waals surface area (Å²) in [5, 5.41) is 3.02. The van der Waals surface area contributed by atoms with Gasteiger partial charge in [0.05, 0.1) is 27.0 Å². The van der Waals surface area contributed by atoms with E-state index in [0.29, 0.717) is 39.1 Å². The molecule has 2 amide bonds. The first-order valence-corrected chi connectivity index (χ1v) is 9.57. The van der Waals surface area contributed by atoms with Gasteiger partial charge < -0.3 is 14.2 Å². The molecular weight excluding hydrogens is 428 g/mol. The molecule has 0 aliphatic carbocycles. The number of hydrogen-bond acceptors (Lipinski definition) is 6. The lowest BCUT2D eigenvalue weighted by Gasteiger charge is -2.30. The molecule has 0 bridgehead atoms. The Balaban J connectivity index is 2.10. The number of carbonyl (C=O) groups excluding carboxylic acids is 2.